The molecule has 1 aliphatic rings. The third-order valence-electron chi connectivity index (χ3n) is 3.07. The minimum absolute atomic E-state index is 0.00214. The number of fused-ring (bicyclic) bond motifs is 1. The van der Waals surface area contributed by atoms with E-state index in [-0.39, 0.29) is 11.8 Å². The largest absolute Gasteiger partial charge is 0.369 e. The quantitative estimate of drug-likeness (QED) is 0.788. The van der Waals surface area contributed by atoms with Gasteiger partial charge in [-0.05, 0) is 38.7 Å². The Hall–Kier alpha value is -1.32. The number of primary amides is 1. The Morgan fingerprint density at radius 3 is 3.00 bits per heavy atom. The van der Waals surface area contributed by atoms with Gasteiger partial charge in [-0.15, -0.1) is 0 Å². The lowest BCUT2D eigenvalue weighted by Gasteiger charge is -2.21. The summed E-state index contributed by atoms with van der Waals surface area (Å²) in [5.41, 5.74) is 7.80. The first-order valence-corrected chi connectivity index (χ1v) is 5.44. The Balaban J connectivity index is 2.26. The number of hydrogen-bond donors (Lipinski definition) is 1. The predicted octanol–water partition coefficient (Wildman–Crippen LogP) is 1.05. The van der Waals surface area contributed by atoms with Crippen LogP contribution in [0, 0.1) is 5.92 Å². The first kappa shape index (κ1) is 10.2. The zero-order chi connectivity index (χ0) is 11.0. The van der Waals surface area contributed by atoms with Crippen LogP contribution >= 0.6 is 0 Å². The Morgan fingerprint density at radius 1 is 1.67 bits per heavy atom. The molecule has 1 aliphatic carbocycles. The van der Waals surface area contributed by atoms with Crippen LogP contribution in [0.5, 0.6) is 0 Å². The highest BCUT2D eigenvalue weighted by Gasteiger charge is 2.26. The summed E-state index contributed by atoms with van der Waals surface area (Å²) in [4.78, 5) is 11.1. The maximum absolute atomic E-state index is 11.1. The van der Waals surface area contributed by atoms with Gasteiger partial charge < -0.3 is 5.73 Å². The van der Waals surface area contributed by atoms with Gasteiger partial charge in [-0.2, -0.15) is 5.10 Å². The Kier molecular flexibility index (Phi) is 2.50. The molecular weight excluding hydrogens is 190 g/mol. The van der Waals surface area contributed by atoms with Crippen LogP contribution in [-0.4, -0.2) is 15.7 Å². The summed E-state index contributed by atoms with van der Waals surface area (Å²) < 4.78 is 2.05. The molecule has 0 saturated heterocycles. The number of amides is 1. The van der Waals surface area contributed by atoms with E-state index in [1.807, 2.05) is 10.9 Å². The summed E-state index contributed by atoms with van der Waals surface area (Å²) in [6, 6.07) is 0.388. The molecule has 1 aromatic heterocycles. The van der Waals surface area contributed by atoms with Crippen molar-refractivity contribution >= 4 is 5.91 Å². The third-order valence-corrected chi connectivity index (χ3v) is 3.07. The van der Waals surface area contributed by atoms with Crippen LogP contribution in [0.25, 0.3) is 0 Å². The van der Waals surface area contributed by atoms with Gasteiger partial charge in [-0.25, -0.2) is 0 Å². The van der Waals surface area contributed by atoms with E-state index in [1.54, 1.807) is 0 Å². The number of rotatable bonds is 2. The first-order valence-electron chi connectivity index (χ1n) is 5.44. The molecule has 82 valence electrons. The second-order valence-corrected chi connectivity index (χ2v) is 4.50. The van der Waals surface area contributed by atoms with Crippen molar-refractivity contribution in [3.63, 3.8) is 0 Å². The number of hydrogen-bond acceptors (Lipinski definition) is 2. The molecule has 2 rings (SSSR count). The van der Waals surface area contributed by atoms with E-state index in [0.29, 0.717) is 6.04 Å². The molecule has 0 bridgehead atoms. The zero-order valence-electron chi connectivity index (χ0n) is 9.23. The van der Waals surface area contributed by atoms with Gasteiger partial charge in [0, 0.05) is 17.7 Å². The molecule has 0 saturated carbocycles. The molecule has 0 fully saturated rings. The summed E-state index contributed by atoms with van der Waals surface area (Å²) in [6.07, 6.45) is 4.42. The molecule has 0 aliphatic heterocycles. The summed E-state index contributed by atoms with van der Waals surface area (Å²) >= 11 is 0. The van der Waals surface area contributed by atoms with Gasteiger partial charge >= 0.3 is 0 Å². The highest BCUT2D eigenvalue weighted by atomic mass is 16.1. The van der Waals surface area contributed by atoms with Crippen LogP contribution in [0.4, 0.5) is 0 Å². The molecule has 0 radical (unpaired) electrons. The van der Waals surface area contributed by atoms with Gasteiger partial charge in [0.15, 0.2) is 0 Å². The smallest absolute Gasteiger partial charge is 0.220 e. The maximum Gasteiger partial charge on any atom is 0.220 e. The highest BCUT2D eigenvalue weighted by molar-refractivity contribution is 5.77. The highest BCUT2D eigenvalue weighted by Crippen LogP contribution is 2.26. The van der Waals surface area contributed by atoms with Crippen molar-refractivity contribution in [2.75, 3.05) is 0 Å². The monoisotopic (exact) mass is 207 g/mol. The van der Waals surface area contributed by atoms with Crippen molar-refractivity contribution in [2.45, 2.75) is 39.2 Å². The molecule has 4 heteroatoms. The fourth-order valence-corrected chi connectivity index (χ4v) is 2.24. The standard InChI is InChI=1S/C11H17N3O/c1-7(2)14-10-4-3-8(11(12)15)5-9(10)6-13-14/h6-8H,3-5H2,1-2H3,(H2,12,15)/t8-/m0/s1. The molecule has 1 heterocycles. The lowest BCUT2D eigenvalue weighted by Crippen LogP contribution is -2.29. The van der Waals surface area contributed by atoms with Gasteiger partial charge in [-0.1, -0.05) is 0 Å². The molecule has 0 spiro atoms. The third kappa shape index (κ3) is 1.76. The Labute approximate surface area is 89.5 Å². The molecular formula is C11H17N3O. The predicted molar refractivity (Wildman–Crippen MR) is 57.3 cm³/mol. The minimum atomic E-state index is -0.182. The van der Waals surface area contributed by atoms with E-state index in [0.717, 1.165) is 19.3 Å². The second-order valence-electron chi connectivity index (χ2n) is 4.50. The fraction of sp³-hybridized carbons (Fsp3) is 0.636. The number of aromatic nitrogens is 2. The molecule has 1 atom stereocenters. The average Bonchev–Trinajstić information content (AvgIpc) is 2.59. The van der Waals surface area contributed by atoms with Crippen LogP contribution in [-0.2, 0) is 17.6 Å². The van der Waals surface area contributed by atoms with Gasteiger partial charge in [0.05, 0.1) is 6.20 Å². The van der Waals surface area contributed by atoms with Gasteiger partial charge in [-0.3, -0.25) is 9.48 Å². The van der Waals surface area contributed by atoms with Crippen molar-refractivity contribution in [1.29, 1.82) is 0 Å². The van der Waals surface area contributed by atoms with Gasteiger partial charge in [0.2, 0.25) is 5.91 Å². The maximum atomic E-state index is 11.1. The summed E-state index contributed by atoms with van der Waals surface area (Å²) in [5.74, 6) is -0.180. The van der Waals surface area contributed by atoms with Crippen LogP contribution in [0.2, 0.25) is 0 Å². The fourth-order valence-electron chi connectivity index (χ4n) is 2.24. The Morgan fingerprint density at radius 2 is 2.40 bits per heavy atom. The second kappa shape index (κ2) is 3.68. The SMILES string of the molecule is CC(C)n1ncc2c1CC[C@H](C(N)=O)C2. The van der Waals surface area contributed by atoms with E-state index in [9.17, 15) is 4.79 Å². The molecule has 1 amide bonds. The first-order chi connectivity index (χ1) is 7.09. The molecule has 15 heavy (non-hydrogen) atoms. The molecule has 0 aromatic carbocycles. The van der Waals surface area contributed by atoms with Crippen LogP contribution < -0.4 is 5.73 Å². The summed E-state index contributed by atoms with van der Waals surface area (Å²) in [6.45, 7) is 4.24. The Bertz CT molecular complexity index is 381. The van der Waals surface area contributed by atoms with E-state index in [2.05, 4.69) is 18.9 Å². The zero-order valence-corrected chi connectivity index (χ0v) is 9.23. The van der Waals surface area contributed by atoms with Crippen LogP contribution in [0.3, 0.4) is 0 Å². The van der Waals surface area contributed by atoms with Crippen LogP contribution in [0.15, 0.2) is 6.20 Å². The normalized spacial score (nSPS) is 20.3. The van der Waals surface area contributed by atoms with Gasteiger partial charge in [0.1, 0.15) is 0 Å². The van der Waals surface area contributed by atoms with E-state index in [4.69, 9.17) is 5.73 Å². The van der Waals surface area contributed by atoms with E-state index in [1.165, 1.54) is 11.3 Å². The van der Waals surface area contributed by atoms with Crippen molar-refractivity contribution in [3.8, 4) is 0 Å². The summed E-state index contributed by atoms with van der Waals surface area (Å²) in [7, 11) is 0. The molecule has 2 N–H and O–H groups in total. The lowest BCUT2D eigenvalue weighted by molar-refractivity contribution is -0.122. The number of carbonyl (C=O) groups is 1. The van der Waals surface area contributed by atoms with Crippen molar-refractivity contribution < 1.29 is 4.79 Å². The molecule has 4 nitrogen and oxygen atoms in total. The minimum Gasteiger partial charge on any atom is -0.369 e. The topological polar surface area (TPSA) is 60.9 Å². The van der Waals surface area contributed by atoms with Crippen molar-refractivity contribution in [1.82, 2.24) is 9.78 Å². The number of nitrogens with zero attached hydrogens (tertiary/aromatic N) is 2. The van der Waals surface area contributed by atoms with Crippen molar-refractivity contribution in [3.05, 3.63) is 17.5 Å². The van der Waals surface area contributed by atoms with Crippen molar-refractivity contribution in [2.24, 2.45) is 11.7 Å². The lowest BCUT2D eigenvalue weighted by atomic mass is 9.87. The average molecular weight is 207 g/mol. The van der Waals surface area contributed by atoms with E-state index < -0.39 is 0 Å². The van der Waals surface area contributed by atoms with Crippen LogP contribution in [0.1, 0.15) is 37.6 Å². The van der Waals surface area contributed by atoms with E-state index >= 15 is 0 Å². The summed E-state index contributed by atoms with van der Waals surface area (Å²) in [5, 5.41) is 4.36. The van der Waals surface area contributed by atoms with Gasteiger partial charge in [0.25, 0.3) is 0 Å². The molecule has 1 aromatic rings. The number of carbonyl (C=O) groups excluding carboxylic acids is 1. The number of nitrogens with two attached hydrogens (primary N) is 1. The molecule has 0 unspecified atom stereocenters.